The number of methoxy groups -OCH3 is 2. The van der Waals surface area contributed by atoms with Crippen LogP contribution in [0.4, 0.5) is 5.69 Å². The third kappa shape index (κ3) is 5.90. The molecule has 2 N–H and O–H groups in total. The molecule has 0 heterocycles. The second-order valence-electron chi connectivity index (χ2n) is 5.14. The van der Waals surface area contributed by atoms with Gasteiger partial charge in [-0.15, -0.1) is 0 Å². The fraction of sp³-hybridized carbons (Fsp3) is 0.625. The van der Waals surface area contributed by atoms with Crippen LogP contribution < -0.4 is 5.73 Å². The molecule has 4 nitrogen and oxygen atoms in total. The van der Waals surface area contributed by atoms with Gasteiger partial charge in [0.15, 0.2) is 0 Å². The zero-order chi connectivity index (χ0) is 14.8. The Balaban J connectivity index is 2.43. The number of hydrogen-bond acceptors (Lipinski definition) is 4. The maximum Gasteiger partial charge on any atom is 0.0615 e. The van der Waals surface area contributed by atoms with E-state index in [1.165, 1.54) is 5.56 Å². The third-order valence-electron chi connectivity index (χ3n) is 3.56. The molecule has 1 atom stereocenters. The van der Waals surface area contributed by atoms with Gasteiger partial charge in [-0.05, 0) is 37.9 Å². The van der Waals surface area contributed by atoms with Crippen LogP contribution in [-0.2, 0) is 15.9 Å². The van der Waals surface area contributed by atoms with Crippen LogP contribution in [0.2, 0.25) is 0 Å². The molecule has 114 valence electrons. The van der Waals surface area contributed by atoms with Crippen molar-refractivity contribution in [2.75, 3.05) is 46.3 Å². The van der Waals surface area contributed by atoms with Gasteiger partial charge in [-0.25, -0.2) is 0 Å². The molecule has 1 rings (SSSR count). The normalized spacial score (nSPS) is 12.8. The Kier molecular flexibility index (Phi) is 8.26. The smallest absolute Gasteiger partial charge is 0.0615 e. The second-order valence-corrected chi connectivity index (χ2v) is 5.14. The van der Waals surface area contributed by atoms with Crippen LogP contribution >= 0.6 is 0 Å². The highest BCUT2D eigenvalue weighted by Crippen LogP contribution is 2.13. The average Bonchev–Trinajstić information content (AvgIpc) is 2.44. The SMILES string of the molecule is COCCN(CCCc1ccccc1N)C(C)COC. The summed E-state index contributed by atoms with van der Waals surface area (Å²) in [5.74, 6) is 0. The van der Waals surface area contributed by atoms with Crippen LogP contribution in [0.5, 0.6) is 0 Å². The lowest BCUT2D eigenvalue weighted by atomic mass is 10.1. The Morgan fingerprint density at radius 2 is 1.90 bits per heavy atom. The summed E-state index contributed by atoms with van der Waals surface area (Å²) in [6, 6.07) is 8.49. The molecule has 0 aliphatic heterocycles. The lowest BCUT2D eigenvalue weighted by Crippen LogP contribution is -2.39. The summed E-state index contributed by atoms with van der Waals surface area (Å²) < 4.78 is 10.4. The van der Waals surface area contributed by atoms with Gasteiger partial charge in [0.05, 0.1) is 13.2 Å². The lowest BCUT2D eigenvalue weighted by Gasteiger charge is -2.28. The fourth-order valence-corrected chi connectivity index (χ4v) is 2.34. The van der Waals surface area contributed by atoms with E-state index in [0.717, 1.165) is 44.8 Å². The number of benzene rings is 1. The quantitative estimate of drug-likeness (QED) is 0.667. The van der Waals surface area contributed by atoms with Gasteiger partial charge in [0.1, 0.15) is 0 Å². The van der Waals surface area contributed by atoms with Gasteiger partial charge in [-0.2, -0.15) is 0 Å². The zero-order valence-corrected chi connectivity index (χ0v) is 13.0. The minimum atomic E-state index is 0.406. The number of para-hydroxylation sites is 1. The summed E-state index contributed by atoms with van der Waals surface area (Å²) in [6.45, 7) is 5.66. The maximum atomic E-state index is 5.97. The first-order valence-corrected chi connectivity index (χ1v) is 7.24. The Labute approximate surface area is 122 Å². The van der Waals surface area contributed by atoms with E-state index in [1.807, 2.05) is 18.2 Å². The van der Waals surface area contributed by atoms with E-state index in [9.17, 15) is 0 Å². The van der Waals surface area contributed by atoms with Crippen LogP contribution in [0, 0.1) is 0 Å². The van der Waals surface area contributed by atoms with E-state index in [2.05, 4.69) is 17.9 Å². The molecule has 0 spiro atoms. The molecule has 0 radical (unpaired) electrons. The summed E-state index contributed by atoms with van der Waals surface area (Å²) in [5, 5.41) is 0. The predicted octanol–water partition coefficient (Wildman–Crippen LogP) is 2.18. The molecule has 1 aromatic carbocycles. The van der Waals surface area contributed by atoms with E-state index in [-0.39, 0.29) is 0 Å². The summed E-state index contributed by atoms with van der Waals surface area (Å²) in [5.41, 5.74) is 8.10. The highest BCUT2D eigenvalue weighted by Gasteiger charge is 2.13. The van der Waals surface area contributed by atoms with Crippen molar-refractivity contribution in [3.63, 3.8) is 0 Å². The predicted molar refractivity (Wildman–Crippen MR) is 84.0 cm³/mol. The number of nitrogens with two attached hydrogens (primary N) is 1. The number of ether oxygens (including phenoxy) is 2. The first-order chi connectivity index (χ1) is 9.69. The summed E-state index contributed by atoms with van der Waals surface area (Å²) >= 11 is 0. The van der Waals surface area contributed by atoms with Crippen molar-refractivity contribution in [1.29, 1.82) is 0 Å². The minimum absolute atomic E-state index is 0.406. The molecule has 0 aliphatic rings. The van der Waals surface area contributed by atoms with Gasteiger partial charge in [-0.1, -0.05) is 18.2 Å². The molecule has 0 saturated heterocycles. The number of hydrogen-bond donors (Lipinski definition) is 1. The van der Waals surface area contributed by atoms with Gasteiger partial charge >= 0.3 is 0 Å². The van der Waals surface area contributed by atoms with Gasteiger partial charge in [-0.3, -0.25) is 4.90 Å². The summed E-state index contributed by atoms with van der Waals surface area (Å²) in [7, 11) is 3.49. The van der Waals surface area contributed by atoms with Crippen LogP contribution in [0.3, 0.4) is 0 Å². The monoisotopic (exact) mass is 280 g/mol. The second kappa shape index (κ2) is 9.75. The molecule has 0 fully saturated rings. The van der Waals surface area contributed by atoms with Crippen LogP contribution in [0.15, 0.2) is 24.3 Å². The Morgan fingerprint density at radius 3 is 2.55 bits per heavy atom. The van der Waals surface area contributed by atoms with Gasteiger partial charge in [0, 0.05) is 32.5 Å². The molecular formula is C16H28N2O2. The van der Waals surface area contributed by atoms with E-state index < -0.39 is 0 Å². The molecule has 0 amide bonds. The van der Waals surface area contributed by atoms with Crippen molar-refractivity contribution in [3.8, 4) is 0 Å². The molecule has 0 aliphatic carbocycles. The van der Waals surface area contributed by atoms with Gasteiger partial charge < -0.3 is 15.2 Å². The minimum Gasteiger partial charge on any atom is -0.399 e. The fourth-order valence-electron chi connectivity index (χ4n) is 2.34. The van der Waals surface area contributed by atoms with Crippen molar-refractivity contribution in [3.05, 3.63) is 29.8 Å². The van der Waals surface area contributed by atoms with Crippen molar-refractivity contribution in [2.45, 2.75) is 25.8 Å². The molecular weight excluding hydrogens is 252 g/mol. The third-order valence-corrected chi connectivity index (χ3v) is 3.56. The number of nitrogen functional groups attached to an aromatic ring is 1. The standard InChI is InChI=1S/C16H28N2O2/c1-14(13-20-3)18(11-12-19-2)10-6-8-15-7-4-5-9-16(15)17/h4-5,7,9,14H,6,8,10-13,17H2,1-3H3. The molecule has 0 saturated carbocycles. The number of nitrogens with zero attached hydrogens (tertiary/aromatic N) is 1. The van der Waals surface area contributed by atoms with Crippen LogP contribution in [0.25, 0.3) is 0 Å². The van der Waals surface area contributed by atoms with Crippen LogP contribution in [-0.4, -0.2) is 51.5 Å². The van der Waals surface area contributed by atoms with Crippen LogP contribution in [0.1, 0.15) is 18.9 Å². The lowest BCUT2D eigenvalue weighted by molar-refractivity contribution is 0.0745. The number of anilines is 1. The molecule has 0 bridgehead atoms. The van der Waals surface area contributed by atoms with Crippen molar-refractivity contribution >= 4 is 5.69 Å². The number of rotatable bonds is 10. The first-order valence-electron chi connectivity index (χ1n) is 7.24. The molecule has 1 unspecified atom stereocenters. The van der Waals surface area contributed by atoms with E-state index in [0.29, 0.717) is 6.04 Å². The summed E-state index contributed by atoms with van der Waals surface area (Å²) in [4.78, 5) is 2.41. The molecule has 20 heavy (non-hydrogen) atoms. The number of aryl methyl sites for hydroxylation is 1. The van der Waals surface area contributed by atoms with E-state index in [1.54, 1.807) is 14.2 Å². The van der Waals surface area contributed by atoms with Gasteiger partial charge in [0.2, 0.25) is 0 Å². The highest BCUT2D eigenvalue weighted by molar-refractivity contribution is 5.46. The van der Waals surface area contributed by atoms with Gasteiger partial charge in [0.25, 0.3) is 0 Å². The molecule has 4 heteroatoms. The van der Waals surface area contributed by atoms with E-state index in [4.69, 9.17) is 15.2 Å². The van der Waals surface area contributed by atoms with E-state index >= 15 is 0 Å². The molecule has 1 aromatic rings. The average molecular weight is 280 g/mol. The van der Waals surface area contributed by atoms with Crippen molar-refractivity contribution in [1.82, 2.24) is 4.90 Å². The molecule has 0 aromatic heterocycles. The Bertz CT molecular complexity index is 371. The Hall–Kier alpha value is -1.10. The zero-order valence-electron chi connectivity index (χ0n) is 13.0. The maximum absolute atomic E-state index is 5.97. The summed E-state index contributed by atoms with van der Waals surface area (Å²) in [6.07, 6.45) is 2.10. The largest absolute Gasteiger partial charge is 0.399 e. The van der Waals surface area contributed by atoms with Crippen molar-refractivity contribution in [2.24, 2.45) is 0 Å². The topological polar surface area (TPSA) is 47.7 Å². The van der Waals surface area contributed by atoms with Crippen molar-refractivity contribution < 1.29 is 9.47 Å². The highest BCUT2D eigenvalue weighted by atomic mass is 16.5. The first kappa shape index (κ1) is 17.0. The Morgan fingerprint density at radius 1 is 1.15 bits per heavy atom.